The molecule has 4 heterocycles. The van der Waals surface area contributed by atoms with Gasteiger partial charge in [0, 0.05) is 38.1 Å². The van der Waals surface area contributed by atoms with Gasteiger partial charge in [-0.15, -0.1) is 11.3 Å². The molecular weight excluding hydrogens is 423 g/mol. The summed E-state index contributed by atoms with van der Waals surface area (Å²) in [6.45, 7) is 3.37. The Morgan fingerprint density at radius 3 is 2.67 bits per heavy atom. The fourth-order valence-corrected chi connectivity index (χ4v) is 3.76. The molecule has 160 valence electrons. The number of rotatable bonds is 3. The molecule has 0 spiro atoms. The highest BCUT2D eigenvalue weighted by molar-refractivity contribution is 7.17. The molecule has 4 rings (SSSR count). The van der Waals surface area contributed by atoms with Crippen molar-refractivity contribution in [3.63, 3.8) is 0 Å². The van der Waals surface area contributed by atoms with Gasteiger partial charge in [-0.05, 0) is 29.1 Å². The van der Waals surface area contributed by atoms with Crippen LogP contribution in [-0.4, -0.2) is 56.7 Å². The number of halogens is 3. The number of carboxylic acids is 1. The minimum Gasteiger partial charge on any atom is -0.475 e. The van der Waals surface area contributed by atoms with Crippen molar-refractivity contribution < 1.29 is 23.1 Å². The highest BCUT2D eigenvalue weighted by atomic mass is 32.1. The van der Waals surface area contributed by atoms with E-state index in [4.69, 9.17) is 9.90 Å². The van der Waals surface area contributed by atoms with Crippen LogP contribution in [-0.2, 0) is 11.3 Å². The van der Waals surface area contributed by atoms with E-state index >= 15 is 0 Å². The van der Waals surface area contributed by atoms with Crippen LogP contribution in [0.15, 0.2) is 40.8 Å². The number of carboxylic acid groups (broad SMARTS) is 1. The summed E-state index contributed by atoms with van der Waals surface area (Å²) in [6, 6.07) is 6.25. The zero-order valence-electron chi connectivity index (χ0n) is 15.5. The van der Waals surface area contributed by atoms with Gasteiger partial charge in [0.25, 0.3) is 5.56 Å². The van der Waals surface area contributed by atoms with Gasteiger partial charge < -0.3 is 15.4 Å². The van der Waals surface area contributed by atoms with Crippen LogP contribution >= 0.6 is 11.3 Å². The number of H-pyrrole nitrogens is 1. The van der Waals surface area contributed by atoms with E-state index in [-0.39, 0.29) is 11.6 Å². The van der Waals surface area contributed by atoms with Crippen LogP contribution in [0.25, 0.3) is 10.2 Å². The number of alkyl halides is 3. The molecule has 0 saturated carbocycles. The minimum absolute atomic E-state index is 0.0457. The molecule has 3 aromatic rings. The summed E-state index contributed by atoms with van der Waals surface area (Å²) >= 11 is 1.43. The highest BCUT2D eigenvalue weighted by Gasteiger charge is 2.38. The van der Waals surface area contributed by atoms with Gasteiger partial charge in [0.1, 0.15) is 10.5 Å². The lowest BCUT2D eigenvalue weighted by molar-refractivity contribution is -0.192. The Hall–Kier alpha value is -2.83. The average molecular weight is 441 g/mol. The zero-order valence-corrected chi connectivity index (χ0v) is 16.3. The number of hydrogen-bond acceptors (Lipinski definition) is 7. The topological polar surface area (TPSA) is 111 Å². The van der Waals surface area contributed by atoms with Crippen molar-refractivity contribution in [3.8, 4) is 0 Å². The van der Waals surface area contributed by atoms with Crippen LogP contribution < -0.4 is 10.9 Å². The molecule has 0 aromatic carbocycles. The summed E-state index contributed by atoms with van der Waals surface area (Å²) < 4.78 is 32.4. The maximum Gasteiger partial charge on any atom is 0.490 e. The fourth-order valence-electron chi connectivity index (χ4n) is 3.04. The van der Waals surface area contributed by atoms with Gasteiger partial charge in [-0.25, -0.2) is 9.78 Å². The van der Waals surface area contributed by atoms with Crippen LogP contribution in [0.3, 0.4) is 0 Å². The van der Waals surface area contributed by atoms with Crippen LogP contribution in [0.2, 0.25) is 0 Å². The molecule has 30 heavy (non-hydrogen) atoms. The van der Waals surface area contributed by atoms with Gasteiger partial charge in [-0.1, -0.05) is 0 Å². The van der Waals surface area contributed by atoms with E-state index in [1.807, 2.05) is 36.0 Å². The van der Waals surface area contributed by atoms with E-state index in [1.54, 1.807) is 0 Å². The van der Waals surface area contributed by atoms with Gasteiger partial charge in [-0.3, -0.25) is 14.7 Å². The molecule has 1 fully saturated rings. The Morgan fingerprint density at radius 1 is 1.30 bits per heavy atom. The number of nitrogens with one attached hydrogen (secondary N) is 2. The number of fused-ring (bicyclic) bond motifs is 1. The van der Waals surface area contributed by atoms with E-state index in [0.717, 1.165) is 31.0 Å². The third kappa shape index (κ3) is 5.40. The molecule has 12 heteroatoms. The van der Waals surface area contributed by atoms with Crippen molar-refractivity contribution in [1.82, 2.24) is 25.2 Å². The number of thiophene rings is 1. The predicted octanol–water partition coefficient (Wildman–Crippen LogP) is 2.16. The number of nitrogens with zero attached hydrogens (tertiary/aromatic N) is 3. The molecule has 3 N–H and O–H groups in total. The second-order valence-corrected chi connectivity index (χ2v) is 7.34. The smallest absolute Gasteiger partial charge is 0.475 e. The highest BCUT2D eigenvalue weighted by Crippen LogP contribution is 2.23. The molecule has 0 bridgehead atoms. The van der Waals surface area contributed by atoms with E-state index < -0.39 is 12.1 Å². The maximum atomic E-state index is 12.1. The van der Waals surface area contributed by atoms with Crippen molar-refractivity contribution in [2.24, 2.45) is 0 Å². The van der Waals surface area contributed by atoms with Crippen LogP contribution in [0.5, 0.6) is 0 Å². The fraction of sp³-hybridized carbons (Fsp3) is 0.333. The van der Waals surface area contributed by atoms with Gasteiger partial charge in [0.2, 0.25) is 0 Å². The zero-order chi connectivity index (χ0) is 21.7. The van der Waals surface area contributed by atoms with E-state index in [1.165, 1.54) is 16.9 Å². The Kier molecular flexibility index (Phi) is 6.80. The Bertz CT molecular complexity index is 1050. The van der Waals surface area contributed by atoms with E-state index in [9.17, 15) is 18.0 Å². The van der Waals surface area contributed by atoms with Crippen molar-refractivity contribution in [2.45, 2.75) is 18.8 Å². The maximum absolute atomic E-state index is 12.1. The van der Waals surface area contributed by atoms with Crippen LogP contribution in [0, 0.1) is 0 Å². The van der Waals surface area contributed by atoms with Crippen LogP contribution in [0.1, 0.15) is 17.4 Å². The lowest BCUT2D eigenvalue weighted by Crippen LogP contribution is -2.45. The van der Waals surface area contributed by atoms with Crippen molar-refractivity contribution in [3.05, 3.63) is 57.7 Å². The normalized spacial score (nSPS) is 17.4. The molecule has 1 saturated heterocycles. The number of aromatic nitrogens is 3. The van der Waals surface area contributed by atoms with E-state index in [0.29, 0.717) is 11.2 Å². The molecule has 3 aromatic heterocycles. The first-order valence-corrected chi connectivity index (χ1v) is 9.75. The first-order chi connectivity index (χ1) is 14.3. The lowest BCUT2D eigenvalue weighted by Gasteiger charge is -2.36. The summed E-state index contributed by atoms with van der Waals surface area (Å²) in [7, 11) is 0. The van der Waals surface area contributed by atoms with Gasteiger partial charge in [-0.2, -0.15) is 13.2 Å². The average Bonchev–Trinajstić information content (AvgIpc) is 3.18. The second kappa shape index (κ2) is 9.32. The molecule has 1 aliphatic heterocycles. The number of piperazine rings is 1. The molecular formula is C18H18F3N5O3S. The third-order valence-electron chi connectivity index (χ3n) is 4.40. The number of aliphatic carboxylic acids is 1. The van der Waals surface area contributed by atoms with Gasteiger partial charge >= 0.3 is 12.1 Å². The summed E-state index contributed by atoms with van der Waals surface area (Å²) in [5, 5.41) is 12.5. The first-order valence-electron chi connectivity index (χ1n) is 8.87. The van der Waals surface area contributed by atoms with Gasteiger partial charge in [0.05, 0.1) is 12.1 Å². The van der Waals surface area contributed by atoms with E-state index in [2.05, 4.69) is 25.2 Å². The molecule has 8 nitrogen and oxygen atoms in total. The van der Waals surface area contributed by atoms with Gasteiger partial charge in [0.15, 0.2) is 0 Å². The number of aromatic amines is 1. The summed E-state index contributed by atoms with van der Waals surface area (Å²) in [6.07, 6.45) is -1.45. The second-order valence-electron chi connectivity index (χ2n) is 6.42. The number of pyridine rings is 1. The standard InChI is InChI=1S/C16H17N5OS.C2HF3O2/c22-16-15-12(3-8-23-15)19-14(20-16)10-21-7-6-18-9-13(21)11-1-4-17-5-2-11;3-2(4,5)1(6)7/h1-5,8,13,18H,6-7,9-10H2,(H,19,20,22);(H,6,7). The van der Waals surface area contributed by atoms with Crippen molar-refractivity contribution in [1.29, 1.82) is 0 Å². The Balaban J connectivity index is 0.000000318. The largest absolute Gasteiger partial charge is 0.490 e. The summed E-state index contributed by atoms with van der Waals surface area (Å²) in [5.41, 5.74) is 1.96. The Labute approximate surface area is 172 Å². The molecule has 0 amide bonds. The first kappa shape index (κ1) is 21.9. The molecule has 1 aliphatic rings. The Morgan fingerprint density at radius 2 is 2.00 bits per heavy atom. The summed E-state index contributed by atoms with van der Waals surface area (Å²) in [5.74, 6) is -2.03. The molecule has 0 aliphatic carbocycles. The lowest BCUT2D eigenvalue weighted by atomic mass is 10.0. The molecule has 0 radical (unpaired) electrons. The number of hydrogen-bond donors (Lipinski definition) is 3. The predicted molar refractivity (Wildman–Crippen MR) is 104 cm³/mol. The third-order valence-corrected chi connectivity index (χ3v) is 5.31. The summed E-state index contributed by atoms with van der Waals surface area (Å²) in [4.78, 5) is 35.0. The molecule has 1 atom stereocenters. The minimum atomic E-state index is -5.08. The van der Waals surface area contributed by atoms with Crippen LogP contribution in [0.4, 0.5) is 13.2 Å². The van der Waals surface area contributed by atoms with Crippen molar-refractivity contribution in [2.75, 3.05) is 19.6 Å². The molecule has 1 unspecified atom stereocenters. The monoisotopic (exact) mass is 441 g/mol. The number of carbonyl (C=O) groups is 1. The van der Waals surface area contributed by atoms with Crippen molar-refractivity contribution >= 4 is 27.5 Å². The quantitative estimate of drug-likeness (QED) is 0.571. The SMILES string of the molecule is O=C(O)C(F)(F)F.O=c1[nH]c(CN2CCNCC2c2ccncc2)nc2ccsc12.